The summed E-state index contributed by atoms with van der Waals surface area (Å²) in [4.78, 5) is 5.29. The highest BCUT2D eigenvalue weighted by molar-refractivity contribution is 6.30. The van der Waals surface area contributed by atoms with E-state index in [-0.39, 0.29) is 12.7 Å². The molecule has 1 aromatic heterocycles. The van der Waals surface area contributed by atoms with E-state index in [0.717, 1.165) is 0 Å². The molecule has 0 spiro atoms. The van der Waals surface area contributed by atoms with E-state index in [0.29, 0.717) is 27.7 Å². The first-order chi connectivity index (χ1) is 11.9. The second-order valence-electron chi connectivity index (χ2n) is 6.23. The average Bonchev–Trinajstić information content (AvgIpc) is 2.58. The van der Waals surface area contributed by atoms with Gasteiger partial charge in [-0.15, -0.1) is 0 Å². The number of halogens is 3. The van der Waals surface area contributed by atoms with Crippen LogP contribution in [0.1, 0.15) is 25.0 Å². The molecule has 4 nitrogen and oxygen atoms in total. The van der Waals surface area contributed by atoms with Crippen LogP contribution in [0.3, 0.4) is 0 Å². The fourth-order valence-electron chi connectivity index (χ4n) is 3.14. The topological polar surface area (TPSA) is 34.4 Å². The largest absolute Gasteiger partial charge is 0.377 e. The third-order valence-corrected chi connectivity index (χ3v) is 4.60. The highest BCUT2D eigenvalue weighted by Gasteiger charge is 2.53. The van der Waals surface area contributed by atoms with Gasteiger partial charge in [-0.2, -0.15) is 0 Å². The van der Waals surface area contributed by atoms with Gasteiger partial charge in [0.1, 0.15) is 24.4 Å². The zero-order valence-electron chi connectivity index (χ0n) is 14.2. The Labute approximate surface area is 150 Å². The van der Waals surface area contributed by atoms with Gasteiger partial charge in [-0.05, 0) is 48.9 Å². The maximum atomic E-state index is 14.5. The molecular weight excluding hydrogens is 350 g/mol. The van der Waals surface area contributed by atoms with Crippen molar-refractivity contribution in [3.63, 3.8) is 0 Å². The number of nitrogens with zero attached hydrogens (tertiary/aromatic N) is 1. The number of aromatic nitrogens is 1. The lowest BCUT2D eigenvalue weighted by atomic mass is 9.72. The highest BCUT2D eigenvalue weighted by Crippen LogP contribution is 2.49. The molecule has 1 unspecified atom stereocenters. The zero-order chi connectivity index (χ0) is 18.2. The average molecular weight is 370 g/mol. The zero-order valence-corrected chi connectivity index (χ0v) is 15.0. The van der Waals surface area contributed by atoms with Crippen molar-refractivity contribution in [2.24, 2.45) is 0 Å². The molecule has 0 radical (unpaired) electrons. The summed E-state index contributed by atoms with van der Waals surface area (Å²) in [6, 6.07) is 8.27. The van der Waals surface area contributed by atoms with Gasteiger partial charge in [-0.25, -0.2) is 14.1 Å². The van der Waals surface area contributed by atoms with Gasteiger partial charge in [0, 0.05) is 10.6 Å². The van der Waals surface area contributed by atoms with Crippen LogP contribution in [-0.4, -0.2) is 26.2 Å². The number of pyridine rings is 1. The molecule has 0 amide bonds. The van der Waals surface area contributed by atoms with E-state index in [4.69, 9.17) is 21.2 Å². The summed E-state index contributed by atoms with van der Waals surface area (Å²) in [6.45, 7) is 3.47. The number of fused-ring (bicyclic) bond motifs is 2. The van der Waals surface area contributed by atoms with Gasteiger partial charge in [-0.1, -0.05) is 11.6 Å². The molecule has 2 aromatic rings. The Bertz CT molecular complexity index is 786. The Morgan fingerprint density at radius 2 is 2.00 bits per heavy atom. The summed E-state index contributed by atoms with van der Waals surface area (Å²) in [7, 11) is 1.48. The molecule has 7 heteroatoms. The van der Waals surface area contributed by atoms with Crippen LogP contribution in [0.2, 0.25) is 5.02 Å². The molecule has 2 heterocycles. The van der Waals surface area contributed by atoms with Crippen LogP contribution in [-0.2, 0) is 10.2 Å². The van der Waals surface area contributed by atoms with Crippen molar-refractivity contribution < 1.29 is 23.1 Å². The first-order valence-electron chi connectivity index (χ1n) is 7.96. The first kappa shape index (κ1) is 17.9. The number of benzene rings is 1. The molecule has 1 atom stereocenters. The Hall–Kier alpha value is -1.92. The Morgan fingerprint density at radius 1 is 1.24 bits per heavy atom. The van der Waals surface area contributed by atoms with Crippen LogP contribution in [0.5, 0.6) is 0 Å². The number of nitrogens with one attached hydrogen (secondary N) is 1. The van der Waals surface area contributed by atoms with Crippen LogP contribution in [0, 0.1) is 0 Å². The van der Waals surface area contributed by atoms with Crippen LogP contribution in [0.4, 0.5) is 20.3 Å². The van der Waals surface area contributed by atoms with E-state index in [1.807, 2.05) is 13.8 Å². The van der Waals surface area contributed by atoms with Gasteiger partial charge >= 0.3 is 5.82 Å². The van der Waals surface area contributed by atoms with Crippen LogP contribution >= 0.6 is 11.6 Å². The third-order valence-electron chi connectivity index (χ3n) is 4.37. The van der Waals surface area contributed by atoms with Gasteiger partial charge < -0.3 is 9.57 Å². The molecule has 0 fully saturated rings. The summed E-state index contributed by atoms with van der Waals surface area (Å²) >= 11 is 6.11. The van der Waals surface area contributed by atoms with E-state index in [2.05, 4.69) is 5.32 Å². The van der Waals surface area contributed by atoms with Crippen LogP contribution < -0.4 is 14.9 Å². The second-order valence-corrected chi connectivity index (χ2v) is 6.66. The summed E-state index contributed by atoms with van der Waals surface area (Å²) < 4.78 is 36.2. The van der Waals surface area contributed by atoms with Crippen LogP contribution in [0.15, 0.2) is 36.5 Å². The number of ether oxygens (including phenoxy) is 1. The second kappa shape index (κ2) is 6.77. The van der Waals surface area contributed by atoms with Gasteiger partial charge in [0.15, 0.2) is 0 Å². The SMILES string of the molecule is CO[n+]1cccc2c1Nc1ccc(Cl)cc1C2(COC(C)C)C(F)F. The Kier molecular flexibility index (Phi) is 4.84. The van der Waals surface area contributed by atoms with Crippen molar-refractivity contribution in [3.8, 4) is 0 Å². The van der Waals surface area contributed by atoms with E-state index in [1.165, 1.54) is 11.8 Å². The van der Waals surface area contributed by atoms with E-state index >= 15 is 0 Å². The van der Waals surface area contributed by atoms with Crippen molar-refractivity contribution in [2.45, 2.75) is 31.8 Å². The quantitative estimate of drug-likeness (QED) is 0.816. The first-order valence-corrected chi connectivity index (χ1v) is 8.34. The Morgan fingerprint density at radius 3 is 2.64 bits per heavy atom. The number of anilines is 2. The lowest BCUT2D eigenvalue weighted by Crippen LogP contribution is -2.50. The molecule has 0 saturated carbocycles. The molecule has 3 rings (SSSR count). The fraction of sp³-hybridized carbons (Fsp3) is 0.389. The maximum Gasteiger partial charge on any atom is 0.323 e. The summed E-state index contributed by atoms with van der Waals surface area (Å²) in [5.74, 6) is 0.451. The molecule has 0 aliphatic carbocycles. The fourth-order valence-corrected chi connectivity index (χ4v) is 3.32. The van der Waals surface area contributed by atoms with Gasteiger partial charge in [0.25, 0.3) is 6.43 Å². The smallest absolute Gasteiger partial charge is 0.323 e. The minimum absolute atomic E-state index is 0.169. The maximum absolute atomic E-state index is 14.5. The molecule has 134 valence electrons. The van der Waals surface area contributed by atoms with Crippen molar-refractivity contribution in [2.75, 3.05) is 19.0 Å². The molecule has 1 aromatic carbocycles. The number of alkyl halides is 2. The van der Waals surface area contributed by atoms with Gasteiger partial charge in [0.05, 0.1) is 18.3 Å². The molecular formula is C18H20ClF2N2O2+. The predicted molar refractivity (Wildman–Crippen MR) is 91.7 cm³/mol. The summed E-state index contributed by atoms with van der Waals surface area (Å²) in [5, 5.41) is 3.57. The summed E-state index contributed by atoms with van der Waals surface area (Å²) in [5.41, 5.74) is -0.270. The minimum Gasteiger partial charge on any atom is -0.377 e. The lowest BCUT2D eigenvalue weighted by Gasteiger charge is -2.37. The molecule has 1 N–H and O–H groups in total. The monoisotopic (exact) mass is 369 g/mol. The Balaban J connectivity index is 2.29. The summed E-state index contributed by atoms with van der Waals surface area (Å²) in [6.07, 6.45) is -1.22. The van der Waals surface area contributed by atoms with Crippen LogP contribution in [0.25, 0.3) is 0 Å². The standard InChI is InChI=1S/C18H19ClF2N2O2/c1-11(2)25-10-18(17(20)21)13-5-4-8-23(24-3)16(13)22-15-7-6-12(19)9-14(15)18/h4-9,11,17H,10H2,1-3H3/p+1. The van der Waals surface area contributed by atoms with Crippen molar-refractivity contribution in [1.82, 2.24) is 0 Å². The minimum atomic E-state index is -2.70. The van der Waals surface area contributed by atoms with E-state index in [1.54, 1.807) is 36.5 Å². The van der Waals surface area contributed by atoms with Gasteiger partial charge in [0.2, 0.25) is 0 Å². The molecule has 0 bridgehead atoms. The third kappa shape index (κ3) is 2.93. The molecule has 0 saturated heterocycles. The van der Waals surface area contributed by atoms with Crippen molar-refractivity contribution in [1.29, 1.82) is 0 Å². The molecule has 25 heavy (non-hydrogen) atoms. The van der Waals surface area contributed by atoms with Crippen molar-refractivity contribution in [3.05, 3.63) is 52.7 Å². The number of hydrogen-bond acceptors (Lipinski definition) is 3. The predicted octanol–water partition coefficient (Wildman–Crippen LogP) is 3.72. The number of hydrogen-bond donors (Lipinski definition) is 1. The molecule has 1 aliphatic rings. The normalized spacial score (nSPS) is 18.7. The van der Waals surface area contributed by atoms with Gasteiger partial charge in [-0.3, -0.25) is 0 Å². The van der Waals surface area contributed by atoms with E-state index < -0.39 is 11.8 Å². The molecule has 1 aliphatic heterocycles. The van der Waals surface area contributed by atoms with Crippen molar-refractivity contribution >= 4 is 23.1 Å². The highest BCUT2D eigenvalue weighted by atomic mass is 35.5. The number of rotatable bonds is 5. The van der Waals surface area contributed by atoms with E-state index in [9.17, 15) is 8.78 Å². The lowest BCUT2D eigenvalue weighted by molar-refractivity contribution is -0.874.